The standard InChI is InChI=1S/C15H25N/c1-11(2)14(6-5-9-16)15-8-7-12(3)10-13(15)4/h7-8,10-11,14H,5-6,9,16H2,1-4H3. The Morgan fingerprint density at radius 1 is 1.19 bits per heavy atom. The molecule has 1 nitrogen and oxygen atoms in total. The molecule has 0 radical (unpaired) electrons. The van der Waals surface area contributed by atoms with Gasteiger partial charge in [0.2, 0.25) is 0 Å². The molecule has 1 atom stereocenters. The lowest BCUT2D eigenvalue weighted by Gasteiger charge is -2.23. The van der Waals surface area contributed by atoms with Crippen molar-refractivity contribution in [2.24, 2.45) is 11.7 Å². The SMILES string of the molecule is Cc1ccc(C(CCCN)C(C)C)c(C)c1. The van der Waals surface area contributed by atoms with Crippen LogP contribution in [-0.4, -0.2) is 6.54 Å². The minimum atomic E-state index is 0.657. The molecule has 16 heavy (non-hydrogen) atoms. The fraction of sp³-hybridized carbons (Fsp3) is 0.600. The van der Waals surface area contributed by atoms with Gasteiger partial charge in [-0.15, -0.1) is 0 Å². The number of benzene rings is 1. The molecule has 0 aliphatic carbocycles. The zero-order valence-corrected chi connectivity index (χ0v) is 11.1. The first-order valence-electron chi connectivity index (χ1n) is 6.33. The van der Waals surface area contributed by atoms with Crippen molar-refractivity contribution in [3.05, 3.63) is 34.9 Å². The summed E-state index contributed by atoms with van der Waals surface area (Å²) >= 11 is 0. The van der Waals surface area contributed by atoms with Crippen LogP contribution in [0.5, 0.6) is 0 Å². The van der Waals surface area contributed by atoms with Crippen molar-refractivity contribution in [1.82, 2.24) is 0 Å². The minimum absolute atomic E-state index is 0.657. The van der Waals surface area contributed by atoms with E-state index < -0.39 is 0 Å². The molecule has 90 valence electrons. The third-order valence-corrected chi connectivity index (χ3v) is 3.35. The summed E-state index contributed by atoms with van der Waals surface area (Å²) in [7, 11) is 0. The van der Waals surface area contributed by atoms with Crippen molar-refractivity contribution in [1.29, 1.82) is 0 Å². The Kier molecular flexibility index (Phi) is 5.01. The first-order chi connectivity index (χ1) is 7.56. The summed E-state index contributed by atoms with van der Waals surface area (Å²) in [5, 5.41) is 0. The summed E-state index contributed by atoms with van der Waals surface area (Å²) in [5.41, 5.74) is 9.90. The molecule has 1 aromatic rings. The van der Waals surface area contributed by atoms with Gasteiger partial charge in [-0.3, -0.25) is 0 Å². The van der Waals surface area contributed by atoms with Gasteiger partial charge in [-0.2, -0.15) is 0 Å². The third kappa shape index (κ3) is 3.34. The van der Waals surface area contributed by atoms with E-state index in [1.807, 2.05) is 0 Å². The second-order valence-corrected chi connectivity index (χ2v) is 5.14. The van der Waals surface area contributed by atoms with Crippen LogP contribution >= 0.6 is 0 Å². The zero-order chi connectivity index (χ0) is 12.1. The molecule has 0 aliphatic rings. The Balaban J connectivity index is 2.92. The van der Waals surface area contributed by atoms with Crippen LogP contribution in [0.25, 0.3) is 0 Å². The molecular weight excluding hydrogens is 194 g/mol. The molecule has 0 aliphatic heterocycles. The van der Waals surface area contributed by atoms with Crippen molar-refractivity contribution in [2.75, 3.05) is 6.54 Å². The Morgan fingerprint density at radius 2 is 1.88 bits per heavy atom. The number of hydrogen-bond acceptors (Lipinski definition) is 1. The van der Waals surface area contributed by atoms with Crippen LogP contribution < -0.4 is 5.73 Å². The monoisotopic (exact) mass is 219 g/mol. The van der Waals surface area contributed by atoms with Crippen LogP contribution in [0.3, 0.4) is 0 Å². The highest BCUT2D eigenvalue weighted by Crippen LogP contribution is 2.31. The van der Waals surface area contributed by atoms with Gasteiger partial charge in [0.15, 0.2) is 0 Å². The number of aryl methyl sites for hydroxylation is 2. The normalized spacial score (nSPS) is 13.1. The molecule has 2 N–H and O–H groups in total. The average molecular weight is 219 g/mol. The van der Waals surface area contributed by atoms with E-state index in [1.54, 1.807) is 0 Å². The molecule has 1 unspecified atom stereocenters. The zero-order valence-electron chi connectivity index (χ0n) is 11.1. The van der Waals surface area contributed by atoms with E-state index in [1.165, 1.54) is 23.1 Å². The van der Waals surface area contributed by atoms with E-state index in [-0.39, 0.29) is 0 Å². The quantitative estimate of drug-likeness (QED) is 0.801. The van der Waals surface area contributed by atoms with Crippen molar-refractivity contribution in [2.45, 2.75) is 46.5 Å². The van der Waals surface area contributed by atoms with Gasteiger partial charge in [0.1, 0.15) is 0 Å². The molecule has 0 bridgehead atoms. The minimum Gasteiger partial charge on any atom is -0.330 e. The van der Waals surface area contributed by atoms with Crippen LogP contribution in [0.2, 0.25) is 0 Å². The van der Waals surface area contributed by atoms with Crippen molar-refractivity contribution < 1.29 is 0 Å². The molecular formula is C15H25N. The highest BCUT2D eigenvalue weighted by molar-refractivity contribution is 5.33. The predicted octanol–water partition coefficient (Wildman–Crippen LogP) is 3.78. The molecule has 0 spiro atoms. The summed E-state index contributed by atoms with van der Waals surface area (Å²) in [5.74, 6) is 1.34. The van der Waals surface area contributed by atoms with Gasteiger partial charge in [0, 0.05) is 0 Å². The molecule has 0 saturated heterocycles. The maximum absolute atomic E-state index is 5.62. The van der Waals surface area contributed by atoms with Crippen molar-refractivity contribution in [3.63, 3.8) is 0 Å². The van der Waals surface area contributed by atoms with Crippen LogP contribution in [0.15, 0.2) is 18.2 Å². The molecule has 1 rings (SSSR count). The topological polar surface area (TPSA) is 26.0 Å². The van der Waals surface area contributed by atoms with Gasteiger partial charge in [0.25, 0.3) is 0 Å². The summed E-state index contributed by atoms with van der Waals surface area (Å²) in [6.45, 7) is 9.79. The highest BCUT2D eigenvalue weighted by atomic mass is 14.5. The lowest BCUT2D eigenvalue weighted by molar-refractivity contribution is 0.456. The van der Waals surface area contributed by atoms with Crippen LogP contribution in [-0.2, 0) is 0 Å². The van der Waals surface area contributed by atoms with E-state index in [9.17, 15) is 0 Å². The fourth-order valence-electron chi connectivity index (χ4n) is 2.43. The van der Waals surface area contributed by atoms with Gasteiger partial charge >= 0.3 is 0 Å². The van der Waals surface area contributed by atoms with E-state index in [2.05, 4.69) is 45.9 Å². The van der Waals surface area contributed by atoms with E-state index >= 15 is 0 Å². The van der Waals surface area contributed by atoms with Crippen LogP contribution in [0.4, 0.5) is 0 Å². The lowest BCUT2D eigenvalue weighted by atomic mass is 9.82. The van der Waals surface area contributed by atoms with Gasteiger partial charge < -0.3 is 5.73 Å². The first-order valence-corrected chi connectivity index (χ1v) is 6.33. The summed E-state index contributed by atoms with van der Waals surface area (Å²) in [6.07, 6.45) is 2.33. The van der Waals surface area contributed by atoms with Gasteiger partial charge in [-0.1, -0.05) is 37.6 Å². The van der Waals surface area contributed by atoms with E-state index in [0.29, 0.717) is 11.8 Å². The first kappa shape index (κ1) is 13.2. The molecule has 1 aromatic carbocycles. The van der Waals surface area contributed by atoms with E-state index in [4.69, 9.17) is 5.73 Å². The second-order valence-electron chi connectivity index (χ2n) is 5.14. The summed E-state index contributed by atoms with van der Waals surface area (Å²) in [6, 6.07) is 6.80. The summed E-state index contributed by atoms with van der Waals surface area (Å²) in [4.78, 5) is 0. The largest absolute Gasteiger partial charge is 0.330 e. The van der Waals surface area contributed by atoms with Crippen LogP contribution in [0.1, 0.15) is 49.3 Å². The third-order valence-electron chi connectivity index (χ3n) is 3.35. The molecule has 0 saturated carbocycles. The van der Waals surface area contributed by atoms with Crippen molar-refractivity contribution >= 4 is 0 Å². The highest BCUT2D eigenvalue weighted by Gasteiger charge is 2.16. The molecule has 0 heterocycles. The lowest BCUT2D eigenvalue weighted by Crippen LogP contribution is -2.11. The van der Waals surface area contributed by atoms with Crippen molar-refractivity contribution in [3.8, 4) is 0 Å². The Labute approximate surface area is 100 Å². The average Bonchev–Trinajstić information content (AvgIpc) is 2.20. The molecule has 1 heteroatoms. The number of rotatable bonds is 5. The van der Waals surface area contributed by atoms with Gasteiger partial charge in [-0.25, -0.2) is 0 Å². The van der Waals surface area contributed by atoms with Gasteiger partial charge in [-0.05, 0) is 56.2 Å². The molecule has 0 fully saturated rings. The maximum atomic E-state index is 5.62. The fourth-order valence-corrected chi connectivity index (χ4v) is 2.43. The van der Waals surface area contributed by atoms with E-state index in [0.717, 1.165) is 13.0 Å². The molecule has 0 aromatic heterocycles. The second kappa shape index (κ2) is 6.05. The Hall–Kier alpha value is -0.820. The van der Waals surface area contributed by atoms with Gasteiger partial charge in [0.05, 0.1) is 0 Å². The smallest absolute Gasteiger partial charge is 0.00771 e. The Bertz CT molecular complexity index is 328. The maximum Gasteiger partial charge on any atom is -0.00771 e. The number of nitrogens with two attached hydrogens (primary N) is 1. The molecule has 0 amide bonds. The number of hydrogen-bond donors (Lipinski definition) is 1. The Morgan fingerprint density at radius 3 is 2.38 bits per heavy atom. The summed E-state index contributed by atoms with van der Waals surface area (Å²) < 4.78 is 0. The van der Waals surface area contributed by atoms with Crippen LogP contribution in [0, 0.1) is 19.8 Å². The predicted molar refractivity (Wildman–Crippen MR) is 71.8 cm³/mol.